The number of hydrogen-bond acceptors (Lipinski definition) is 3. The molecule has 1 aromatic heterocycles. The number of rotatable bonds is 4. The van der Waals surface area contributed by atoms with Crippen molar-refractivity contribution in [3.8, 4) is 0 Å². The van der Waals surface area contributed by atoms with E-state index in [1.165, 1.54) is 16.8 Å². The third kappa shape index (κ3) is 2.54. The number of hydrogen-bond donors (Lipinski definition) is 2. The summed E-state index contributed by atoms with van der Waals surface area (Å²) in [5, 5.41) is 8.98. The molecule has 0 radical (unpaired) electrons. The van der Waals surface area contributed by atoms with Crippen LogP contribution >= 0.6 is 0 Å². The van der Waals surface area contributed by atoms with Gasteiger partial charge in [-0.1, -0.05) is 19.1 Å². The van der Waals surface area contributed by atoms with E-state index in [-0.39, 0.29) is 11.4 Å². The van der Waals surface area contributed by atoms with E-state index in [2.05, 4.69) is 9.97 Å². The van der Waals surface area contributed by atoms with E-state index in [1.54, 1.807) is 7.05 Å². The van der Waals surface area contributed by atoms with E-state index in [9.17, 15) is 9.59 Å². The predicted octanol–water partition coefficient (Wildman–Crippen LogP) is 1.95. The van der Waals surface area contributed by atoms with Crippen LogP contribution in [0.1, 0.15) is 33.5 Å². The molecule has 0 atom stereocenters. The molecule has 2 aromatic rings. The molecule has 6 nitrogen and oxygen atoms in total. The largest absolute Gasteiger partial charge is 0.477 e. The molecule has 1 aromatic carbocycles. The van der Waals surface area contributed by atoms with Gasteiger partial charge >= 0.3 is 5.97 Å². The zero-order chi connectivity index (χ0) is 14.7. The highest BCUT2D eigenvalue weighted by Crippen LogP contribution is 2.17. The molecule has 0 spiro atoms. The first-order valence-electron chi connectivity index (χ1n) is 6.18. The molecule has 2 rings (SSSR count). The van der Waals surface area contributed by atoms with Crippen LogP contribution in [0.15, 0.2) is 30.6 Å². The van der Waals surface area contributed by atoms with Crippen LogP contribution in [0.3, 0.4) is 0 Å². The number of aryl methyl sites for hydroxylation is 1. The quantitative estimate of drug-likeness (QED) is 0.891. The summed E-state index contributed by atoms with van der Waals surface area (Å²) in [4.78, 5) is 30.9. The maximum Gasteiger partial charge on any atom is 0.354 e. The Kier molecular flexibility index (Phi) is 3.84. The second-order valence-corrected chi connectivity index (χ2v) is 4.32. The lowest BCUT2D eigenvalue weighted by molar-refractivity contribution is 0.0686. The second-order valence-electron chi connectivity index (χ2n) is 4.32. The van der Waals surface area contributed by atoms with Gasteiger partial charge in [-0.2, -0.15) is 0 Å². The highest BCUT2D eigenvalue weighted by atomic mass is 16.4. The Balaban J connectivity index is 2.27. The van der Waals surface area contributed by atoms with Crippen LogP contribution in [0.25, 0.3) is 0 Å². The summed E-state index contributed by atoms with van der Waals surface area (Å²) in [5.41, 5.74) is 1.55. The number of aromatic nitrogens is 2. The van der Waals surface area contributed by atoms with Gasteiger partial charge < -0.3 is 15.0 Å². The number of benzene rings is 1. The van der Waals surface area contributed by atoms with Crippen molar-refractivity contribution in [2.45, 2.75) is 13.3 Å². The standard InChI is InChI=1S/C14H15N3O3/c1-3-9-4-6-10(7-5-9)17(2)13(18)11-12(14(19)20)16-8-15-11/h4-8H,3H2,1-2H3,(H,15,16)(H,19,20). The average Bonchev–Trinajstić information content (AvgIpc) is 2.95. The van der Waals surface area contributed by atoms with Gasteiger partial charge in [0.2, 0.25) is 0 Å². The Bertz CT molecular complexity index is 631. The van der Waals surface area contributed by atoms with Gasteiger partial charge in [0.05, 0.1) is 6.33 Å². The Hall–Kier alpha value is -2.63. The molecule has 6 heteroatoms. The lowest BCUT2D eigenvalue weighted by Gasteiger charge is -2.16. The van der Waals surface area contributed by atoms with Crippen LogP contribution in [0, 0.1) is 0 Å². The van der Waals surface area contributed by atoms with Crippen molar-refractivity contribution in [3.05, 3.63) is 47.5 Å². The molecule has 0 fully saturated rings. The SMILES string of the molecule is CCc1ccc(N(C)C(=O)c2nc[nH]c2C(=O)O)cc1. The highest BCUT2D eigenvalue weighted by molar-refractivity contribution is 6.09. The van der Waals surface area contributed by atoms with Gasteiger partial charge in [0.25, 0.3) is 5.91 Å². The summed E-state index contributed by atoms with van der Waals surface area (Å²) in [5.74, 6) is -1.67. The number of carboxylic acids is 1. The van der Waals surface area contributed by atoms with Crippen LogP contribution < -0.4 is 4.90 Å². The smallest absolute Gasteiger partial charge is 0.354 e. The van der Waals surface area contributed by atoms with Crippen molar-refractivity contribution in [3.63, 3.8) is 0 Å². The molecule has 0 aliphatic rings. The van der Waals surface area contributed by atoms with Crippen LogP contribution in [0.4, 0.5) is 5.69 Å². The summed E-state index contributed by atoms with van der Waals surface area (Å²) >= 11 is 0. The minimum Gasteiger partial charge on any atom is -0.477 e. The number of amides is 1. The number of H-pyrrole nitrogens is 1. The molecular formula is C14H15N3O3. The number of aromatic carboxylic acids is 1. The maximum absolute atomic E-state index is 12.3. The Labute approximate surface area is 116 Å². The predicted molar refractivity (Wildman–Crippen MR) is 74.1 cm³/mol. The topological polar surface area (TPSA) is 86.3 Å². The third-order valence-electron chi connectivity index (χ3n) is 3.09. The molecule has 104 valence electrons. The molecule has 0 aliphatic heterocycles. The Morgan fingerprint density at radius 3 is 2.50 bits per heavy atom. The number of imidazole rings is 1. The van der Waals surface area contributed by atoms with Gasteiger partial charge in [0.1, 0.15) is 0 Å². The lowest BCUT2D eigenvalue weighted by Crippen LogP contribution is -2.28. The van der Waals surface area contributed by atoms with E-state index in [4.69, 9.17) is 5.11 Å². The van der Waals surface area contributed by atoms with Crippen molar-refractivity contribution < 1.29 is 14.7 Å². The zero-order valence-electron chi connectivity index (χ0n) is 11.3. The molecular weight excluding hydrogens is 258 g/mol. The summed E-state index contributed by atoms with van der Waals surface area (Å²) in [6.07, 6.45) is 2.12. The number of aromatic amines is 1. The van der Waals surface area contributed by atoms with Gasteiger partial charge in [-0.05, 0) is 24.1 Å². The Morgan fingerprint density at radius 2 is 1.95 bits per heavy atom. The fraction of sp³-hybridized carbons (Fsp3) is 0.214. The van der Waals surface area contributed by atoms with Crippen molar-refractivity contribution in [2.75, 3.05) is 11.9 Å². The van der Waals surface area contributed by atoms with Gasteiger partial charge in [0.15, 0.2) is 11.4 Å². The molecule has 0 bridgehead atoms. The number of anilines is 1. The molecule has 1 heterocycles. The van der Waals surface area contributed by atoms with Crippen molar-refractivity contribution in [2.24, 2.45) is 0 Å². The fourth-order valence-electron chi connectivity index (χ4n) is 1.85. The van der Waals surface area contributed by atoms with Crippen molar-refractivity contribution in [1.82, 2.24) is 9.97 Å². The number of nitrogens with zero attached hydrogens (tertiary/aromatic N) is 2. The lowest BCUT2D eigenvalue weighted by atomic mass is 10.1. The van der Waals surface area contributed by atoms with E-state index in [0.717, 1.165) is 6.42 Å². The van der Waals surface area contributed by atoms with Gasteiger partial charge in [-0.25, -0.2) is 9.78 Å². The van der Waals surface area contributed by atoms with Gasteiger partial charge in [-0.3, -0.25) is 4.79 Å². The zero-order valence-corrected chi connectivity index (χ0v) is 11.3. The third-order valence-corrected chi connectivity index (χ3v) is 3.09. The molecule has 2 N–H and O–H groups in total. The van der Waals surface area contributed by atoms with Crippen LogP contribution in [-0.4, -0.2) is 34.0 Å². The monoisotopic (exact) mass is 273 g/mol. The second kappa shape index (κ2) is 5.56. The highest BCUT2D eigenvalue weighted by Gasteiger charge is 2.23. The first-order valence-corrected chi connectivity index (χ1v) is 6.18. The molecule has 0 saturated carbocycles. The van der Waals surface area contributed by atoms with Crippen LogP contribution in [0.2, 0.25) is 0 Å². The van der Waals surface area contributed by atoms with Crippen LogP contribution in [0.5, 0.6) is 0 Å². The van der Waals surface area contributed by atoms with E-state index in [0.29, 0.717) is 5.69 Å². The minimum absolute atomic E-state index is 0.0976. The summed E-state index contributed by atoms with van der Waals surface area (Å²) in [6, 6.07) is 7.51. The summed E-state index contributed by atoms with van der Waals surface area (Å²) in [7, 11) is 1.59. The number of carboxylic acid groups (broad SMARTS) is 1. The molecule has 0 unspecified atom stereocenters. The molecule has 0 saturated heterocycles. The molecule has 0 aliphatic carbocycles. The van der Waals surface area contributed by atoms with E-state index in [1.807, 2.05) is 31.2 Å². The van der Waals surface area contributed by atoms with Crippen molar-refractivity contribution >= 4 is 17.6 Å². The van der Waals surface area contributed by atoms with E-state index < -0.39 is 11.9 Å². The van der Waals surface area contributed by atoms with E-state index >= 15 is 0 Å². The van der Waals surface area contributed by atoms with Gasteiger partial charge in [-0.15, -0.1) is 0 Å². The molecule has 1 amide bonds. The van der Waals surface area contributed by atoms with Crippen molar-refractivity contribution in [1.29, 1.82) is 0 Å². The normalized spacial score (nSPS) is 10.3. The number of carbonyl (C=O) groups excluding carboxylic acids is 1. The maximum atomic E-state index is 12.3. The molecule has 20 heavy (non-hydrogen) atoms. The first kappa shape index (κ1) is 13.8. The fourth-order valence-corrected chi connectivity index (χ4v) is 1.85. The van der Waals surface area contributed by atoms with Crippen LogP contribution in [-0.2, 0) is 6.42 Å². The van der Waals surface area contributed by atoms with Gasteiger partial charge in [0, 0.05) is 12.7 Å². The Morgan fingerprint density at radius 1 is 1.30 bits per heavy atom. The number of carbonyl (C=O) groups is 2. The summed E-state index contributed by atoms with van der Waals surface area (Å²) < 4.78 is 0. The summed E-state index contributed by atoms with van der Waals surface area (Å²) in [6.45, 7) is 2.05. The average molecular weight is 273 g/mol. The minimum atomic E-state index is -1.21. The first-order chi connectivity index (χ1) is 9.54. The number of nitrogens with one attached hydrogen (secondary N) is 1.